The molecule has 148 valence electrons. The number of nitrogens with one attached hydrogen (secondary N) is 2. The van der Waals surface area contributed by atoms with Crippen LogP contribution in [-0.2, 0) is 19.0 Å². The Hall–Kier alpha value is -0.650. The van der Waals surface area contributed by atoms with E-state index in [0.29, 0.717) is 19.3 Å². The van der Waals surface area contributed by atoms with Gasteiger partial charge in [-0.2, -0.15) is 0 Å². The summed E-state index contributed by atoms with van der Waals surface area (Å²) < 4.78 is 15.8. The first-order chi connectivity index (χ1) is 11.7. The summed E-state index contributed by atoms with van der Waals surface area (Å²) in [4.78, 5) is 18.1. The van der Waals surface area contributed by atoms with Gasteiger partial charge in [-0.15, -0.1) is 24.0 Å². The third-order valence-corrected chi connectivity index (χ3v) is 3.84. The summed E-state index contributed by atoms with van der Waals surface area (Å²) in [6, 6.07) is 0. The average Bonchev–Trinajstić information content (AvgIpc) is 2.60. The lowest BCUT2D eigenvalue weighted by atomic mass is 10.1. The number of halogens is 1. The van der Waals surface area contributed by atoms with Crippen molar-refractivity contribution in [1.82, 2.24) is 15.5 Å². The number of piperidine rings is 1. The second-order valence-electron chi connectivity index (χ2n) is 5.65. The Morgan fingerprint density at radius 1 is 1.12 bits per heavy atom. The molecule has 0 aromatic heterocycles. The van der Waals surface area contributed by atoms with E-state index in [1.807, 2.05) is 0 Å². The quantitative estimate of drug-likeness (QED) is 0.208. The van der Waals surface area contributed by atoms with Crippen molar-refractivity contribution in [3.63, 3.8) is 0 Å². The van der Waals surface area contributed by atoms with Crippen molar-refractivity contribution in [2.75, 3.05) is 67.3 Å². The first kappa shape index (κ1) is 24.4. The van der Waals surface area contributed by atoms with E-state index in [1.54, 1.807) is 21.3 Å². The van der Waals surface area contributed by atoms with Gasteiger partial charge in [0.25, 0.3) is 0 Å². The van der Waals surface area contributed by atoms with Crippen LogP contribution in [0.5, 0.6) is 0 Å². The number of amides is 1. The molecular weight excluding hydrogens is 439 g/mol. The van der Waals surface area contributed by atoms with Crippen LogP contribution in [0.1, 0.15) is 19.3 Å². The minimum absolute atomic E-state index is 0. The van der Waals surface area contributed by atoms with Gasteiger partial charge < -0.3 is 29.7 Å². The van der Waals surface area contributed by atoms with E-state index in [-0.39, 0.29) is 36.4 Å². The van der Waals surface area contributed by atoms with Gasteiger partial charge in [-0.3, -0.25) is 9.79 Å². The summed E-state index contributed by atoms with van der Waals surface area (Å²) in [6.07, 6.45) is 3.16. The van der Waals surface area contributed by atoms with E-state index in [0.717, 1.165) is 51.5 Å². The molecule has 0 aromatic rings. The zero-order chi connectivity index (χ0) is 17.6. The molecule has 0 aliphatic carbocycles. The Balaban J connectivity index is 0.00000576. The topological polar surface area (TPSA) is 84.4 Å². The number of guanidine groups is 1. The zero-order valence-electron chi connectivity index (χ0n) is 15.6. The van der Waals surface area contributed by atoms with Gasteiger partial charge in [0, 0.05) is 54.1 Å². The minimum Gasteiger partial charge on any atom is -0.385 e. The largest absolute Gasteiger partial charge is 0.385 e. The molecule has 1 aliphatic rings. The van der Waals surface area contributed by atoms with Crippen LogP contribution in [0, 0.1) is 0 Å². The molecule has 8 nitrogen and oxygen atoms in total. The molecule has 1 rings (SSSR count). The molecule has 0 aromatic carbocycles. The van der Waals surface area contributed by atoms with E-state index in [1.165, 1.54) is 0 Å². The Bertz CT molecular complexity index is 377. The molecule has 25 heavy (non-hydrogen) atoms. The summed E-state index contributed by atoms with van der Waals surface area (Å²) >= 11 is 0. The molecule has 2 N–H and O–H groups in total. The molecule has 0 bridgehead atoms. The van der Waals surface area contributed by atoms with Crippen molar-refractivity contribution < 1.29 is 19.0 Å². The summed E-state index contributed by atoms with van der Waals surface area (Å²) in [5.74, 6) is 0.694. The lowest BCUT2D eigenvalue weighted by Crippen LogP contribution is -2.49. The average molecular weight is 472 g/mol. The molecule has 1 fully saturated rings. The molecule has 0 spiro atoms. The molecule has 0 atom stereocenters. The third kappa shape index (κ3) is 10.8. The maximum Gasteiger partial charge on any atom is 0.239 e. The van der Waals surface area contributed by atoms with Gasteiger partial charge in [0.15, 0.2) is 5.96 Å². The van der Waals surface area contributed by atoms with Crippen molar-refractivity contribution in [3.8, 4) is 0 Å². The molecule has 1 saturated heterocycles. The molecule has 9 heteroatoms. The van der Waals surface area contributed by atoms with Crippen molar-refractivity contribution in [2.45, 2.75) is 25.4 Å². The Labute approximate surface area is 168 Å². The molecular formula is C16H33IN4O4. The van der Waals surface area contributed by atoms with Gasteiger partial charge in [-0.1, -0.05) is 0 Å². The number of methoxy groups -OCH3 is 2. The van der Waals surface area contributed by atoms with Crippen LogP contribution in [0.25, 0.3) is 0 Å². The number of aliphatic imine (C=N–C) groups is 1. The number of rotatable bonds is 10. The predicted octanol–water partition coefficient (Wildman–Crippen LogP) is 0.460. The van der Waals surface area contributed by atoms with Gasteiger partial charge in [-0.05, 0) is 19.3 Å². The highest BCUT2D eigenvalue weighted by Gasteiger charge is 2.22. The summed E-state index contributed by atoms with van der Waals surface area (Å²) in [5, 5.41) is 5.88. The zero-order valence-corrected chi connectivity index (χ0v) is 17.9. The normalized spacial score (nSPS) is 15.6. The number of likely N-dealkylation sites (tertiary alicyclic amines) is 1. The fourth-order valence-corrected chi connectivity index (χ4v) is 2.53. The van der Waals surface area contributed by atoms with Gasteiger partial charge >= 0.3 is 0 Å². The van der Waals surface area contributed by atoms with Crippen LogP contribution in [0.3, 0.4) is 0 Å². The fourth-order valence-electron chi connectivity index (χ4n) is 2.53. The molecule has 0 unspecified atom stereocenters. The second kappa shape index (κ2) is 15.6. The van der Waals surface area contributed by atoms with Crippen molar-refractivity contribution in [2.24, 2.45) is 4.99 Å². The fraction of sp³-hybridized carbons (Fsp3) is 0.875. The van der Waals surface area contributed by atoms with E-state index in [9.17, 15) is 4.79 Å². The van der Waals surface area contributed by atoms with E-state index in [2.05, 4.69) is 20.5 Å². The lowest BCUT2D eigenvalue weighted by molar-refractivity contribution is -0.120. The summed E-state index contributed by atoms with van der Waals surface area (Å²) in [6.45, 7) is 4.47. The molecule has 0 radical (unpaired) electrons. The lowest BCUT2D eigenvalue weighted by Gasteiger charge is -2.34. The second-order valence-corrected chi connectivity index (χ2v) is 5.65. The summed E-state index contributed by atoms with van der Waals surface area (Å²) in [7, 11) is 5.05. The van der Waals surface area contributed by atoms with Crippen LogP contribution >= 0.6 is 24.0 Å². The number of carbonyl (C=O) groups excluding carboxylic acids is 1. The van der Waals surface area contributed by atoms with E-state index < -0.39 is 0 Å². The third-order valence-electron chi connectivity index (χ3n) is 3.84. The van der Waals surface area contributed by atoms with Crippen LogP contribution in [0.15, 0.2) is 4.99 Å². The molecule has 1 amide bonds. The standard InChI is InChI=1S/C16H32N4O4.HI/c1-17-16(19-13-15(21)18-7-12-23-3)20-8-5-14(6-9-20)24-11-4-10-22-2;/h14H,4-13H2,1-3H3,(H,17,19)(H,18,21);1H. The first-order valence-corrected chi connectivity index (χ1v) is 8.53. The van der Waals surface area contributed by atoms with Crippen LogP contribution in [0.2, 0.25) is 0 Å². The molecule has 0 saturated carbocycles. The van der Waals surface area contributed by atoms with Crippen molar-refractivity contribution in [1.29, 1.82) is 0 Å². The van der Waals surface area contributed by atoms with E-state index >= 15 is 0 Å². The van der Waals surface area contributed by atoms with Gasteiger partial charge in [0.05, 0.1) is 19.3 Å². The SMILES string of the molecule is CN=C(NCC(=O)NCCOC)N1CCC(OCCCOC)CC1.I. The highest BCUT2D eigenvalue weighted by molar-refractivity contribution is 14.0. The summed E-state index contributed by atoms with van der Waals surface area (Å²) in [5.41, 5.74) is 0. The van der Waals surface area contributed by atoms with Crippen LogP contribution < -0.4 is 10.6 Å². The highest BCUT2D eigenvalue weighted by Crippen LogP contribution is 2.14. The van der Waals surface area contributed by atoms with Crippen molar-refractivity contribution >= 4 is 35.8 Å². The van der Waals surface area contributed by atoms with Crippen molar-refractivity contribution in [3.05, 3.63) is 0 Å². The maximum atomic E-state index is 11.7. The van der Waals surface area contributed by atoms with Gasteiger partial charge in [-0.25, -0.2) is 0 Å². The Morgan fingerprint density at radius 3 is 2.40 bits per heavy atom. The number of hydrogen-bond acceptors (Lipinski definition) is 5. The molecule has 1 aliphatic heterocycles. The number of hydrogen-bond donors (Lipinski definition) is 2. The maximum absolute atomic E-state index is 11.7. The predicted molar refractivity (Wildman–Crippen MR) is 109 cm³/mol. The highest BCUT2D eigenvalue weighted by atomic mass is 127. The van der Waals surface area contributed by atoms with Crippen LogP contribution in [0.4, 0.5) is 0 Å². The minimum atomic E-state index is -0.0652. The van der Waals surface area contributed by atoms with Gasteiger partial charge in [0.2, 0.25) is 5.91 Å². The monoisotopic (exact) mass is 472 g/mol. The Kier molecular flexibility index (Phi) is 15.2. The smallest absolute Gasteiger partial charge is 0.239 e. The first-order valence-electron chi connectivity index (χ1n) is 8.53. The van der Waals surface area contributed by atoms with Crippen LogP contribution in [-0.4, -0.2) is 90.1 Å². The Morgan fingerprint density at radius 2 is 1.80 bits per heavy atom. The molecule has 1 heterocycles. The van der Waals surface area contributed by atoms with Gasteiger partial charge in [0.1, 0.15) is 0 Å². The van der Waals surface area contributed by atoms with E-state index in [4.69, 9.17) is 14.2 Å². The number of nitrogens with zero attached hydrogens (tertiary/aromatic N) is 2. The number of ether oxygens (including phenoxy) is 3. The number of carbonyl (C=O) groups is 1.